The van der Waals surface area contributed by atoms with Crippen molar-refractivity contribution in [1.82, 2.24) is 10.9 Å². The molecular formula is C18H18N2O4S. The maximum Gasteiger partial charge on any atom is 0.283 e. The summed E-state index contributed by atoms with van der Waals surface area (Å²) in [6.07, 6.45) is -0.799. The molecule has 0 spiro atoms. The number of para-hydroxylation sites is 2. The van der Waals surface area contributed by atoms with Crippen LogP contribution in [0.15, 0.2) is 54.6 Å². The van der Waals surface area contributed by atoms with Gasteiger partial charge in [0.15, 0.2) is 11.5 Å². The van der Waals surface area contributed by atoms with E-state index in [1.807, 2.05) is 36.4 Å². The number of carbonyl (C=O) groups excluding carboxylic acids is 2. The molecule has 0 saturated carbocycles. The maximum absolute atomic E-state index is 12.1. The second kappa shape index (κ2) is 8.43. The van der Waals surface area contributed by atoms with E-state index >= 15 is 0 Å². The summed E-state index contributed by atoms with van der Waals surface area (Å²) in [6.45, 7) is 0.0987. The van der Waals surface area contributed by atoms with E-state index in [-0.39, 0.29) is 18.3 Å². The maximum atomic E-state index is 12.1. The lowest BCUT2D eigenvalue weighted by molar-refractivity contribution is -0.134. The van der Waals surface area contributed by atoms with Crippen molar-refractivity contribution in [3.63, 3.8) is 0 Å². The number of hydrogen-bond donors (Lipinski definition) is 2. The first-order chi connectivity index (χ1) is 12.2. The monoisotopic (exact) mass is 358 g/mol. The molecule has 0 aliphatic carbocycles. The number of hydrazine groups is 1. The quantitative estimate of drug-likeness (QED) is 0.799. The summed E-state index contributed by atoms with van der Waals surface area (Å²) in [4.78, 5) is 23.9. The number of ether oxygens (including phenoxy) is 2. The van der Waals surface area contributed by atoms with Gasteiger partial charge in [-0.25, -0.2) is 0 Å². The Kier molecular flexibility index (Phi) is 5.79. The van der Waals surface area contributed by atoms with E-state index in [1.54, 1.807) is 18.2 Å². The standard InChI is InChI=1S/C18H18N2O4S/c21-17(12-25-11-13-6-2-1-3-7-13)19-20-18(22)16-10-23-14-8-4-5-9-15(14)24-16/h1-9,16H,10-12H2,(H,19,21)(H,20,22)/t16-/m1/s1. The van der Waals surface area contributed by atoms with Crippen molar-refractivity contribution in [1.29, 1.82) is 0 Å². The van der Waals surface area contributed by atoms with Crippen LogP contribution < -0.4 is 20.3 Å². The molecule has 0 aromatic heterocycles. The Morgan fingerprint density at radius 1 is 1.00 bits per heavy atom. The summed E-state index contributed by atoms with van der Waals surface area (Å²) in [6, 6.07) is 17.0. The minimum absolute atomic E-state index is 0.0987. The number of nitrogens with one attached hydrogen (secondary N) is 2. The fourth-order valence-electron chi connectivity index (χ4n) is 2.23. The zero-order valence-electron chi connectivity index (χ0n) is 13.4. The summed E-state index contributed by atoms with van der Waals surface area (Å²) >= 11 is 1.47. The highest BCUT2D eigenvalue weighted by molar-refractivity contribution is 7.99. The molecule has 3 rings (SSSR count). The lowest BCUT2D eigenvalue weighted by Gasteiger charge is -2.25. The molecule has 130 valence electrons. The van der Waals surface area contributed by atoms with Crippen LogP contribution in [0.1, 0.15) is 5.56 Å². The number of carbonyl (C=O) groups is 2. The van der Waals surface area contributed by atoms with Crippen LogP contribution in [0.3, 0.4) is 0 Å². The van der Waals surface area contributed by atoms with Crippen LogP contribution in [-0.2, 0) is 15.3 Å². The van der Waals surface area contributed by atoms with Gasteiger partial charge in [0.05, 0.1) is 5.75 Å². The Bertz CT molecular complexity index is 739. The molecule has 2 N–H and O–H groups in total. The largest absolute Gasteiger partial charge is 0.485 e. The third kappa shape index (κ3) is 4.90. The molecule has 7 heteroatoms. The fraction of sp³-hybridized carbons (Fsp3) is 0.222. The van der Waals surface area contributed by atoms with Gasteiger partial charge in [-0.05, 0) is 17.7 Å². The van der Waals surface area contributed by atoms with Crippen molar-refractivity contribution in [3.8, 4) is 11.5 Å². The minimum Gasteiger partial charge on any atom is -0.485 e. The van der Waals surface area contributed by atoms with Crippen LogP contribution in [0.5, 0.6) is 11.5 Å². The highest BCUT2D eigenvalue weighted by atomic mass is 32.2. The van der Waals surface area contributed by atoms with E-state index in [1.165, 1.54) is 11.8 Å². The van der Waals surface area contributed by atoms with Gasteiger partial charge >= 0.3 is 0 Å². The lowest BCUT2D eigenvalue weighted by Crippen LogP contribution is -2.51. The van der Waals surface area contributed by atoms with Crippen LogP contribution >= 0.6 is 11.8 Å². The van der Waals surface area contributed by atoms with Crippen molar-refractivity contribution in [2.45, 2.75) is 11.9 Å². The average Bonchev–Trinajstić information content (AvgIpc) is 2.66. The molecule has 1 aliphatic heterocycles. The van der Waals surface area contributed by atoms with Crippen molar-refractivity contribution < 1.29 is 19.1 Å². The van der Waals surface area contributed by atoms with Gasteiger partial charge in [0.25, 0.3) is 5.91 Å². The van der Waals surface area contributed by atoms with Crippen molar-refractivity contribution in [3.05, 3.63) is 60.2 Å². The van der Waals surface area contributed by atoms with Crippen molar-refractivity contribution >= 4 is 23.6 Å². The van der Waals surface area contributed by atoms with Gasteiger partial charge in [-0.15, -0.1) is 11.8 Å². The molecule has 2 aromatic rings. The van der Waals surface area contributed by atoms with E-state index in [9.17, 15) is 9.59 Å². The Morgan fingerprint density at radius 3 is 2.52 bits per heavy atom. The van der Waals surface area contributed by atoms with E-state index in [4.69, 9.17) is 9.47 Å². The third-order valence-electron chi connectivity index (χ3n) is 3.47. The molecule has 25 heavy (non-hydrogen) atoms. The number of rotatable bonds is 5. The molecule has 1 atom stereocenters. The summed E-state index contributed by atoms with van der Waals surface area (Å²) in [5, 5.41) is 0. The zero-order chi connectivity index (χ0) is 17.5. The van der Waals surface area contributed by atoms with Crippen LogP contribution in [-0.4, -0.2) is 30.3 Å². The molecule has 1 aliphatic rings. The van der Waals surface area contributed by atoms with Crippen LogP contribution in [0.25, 0.3) is 0 Å². The van der Waals surface area contributed by atoms with Crippen LogP contribution in [0, 0.1) is 0 Å². The van der Waals surface area contributed by atoms with Crippen molar-refractivity contribution in [2.24, 2.45) is 0 Å². The molecule has 2 amide bonds. The first-order valence-corrected chi connectivity index (χ1v) is 8.96. The van der Waals surface area contributed by atoms with Gasteiger partial charge < -0.3 is 9.47 Å². The lowest BCUT2D eigenvalue weighted by atomic mass is 10.2. The van der Waals surface area contributed by atoms with Crippen LogP contribution in [0.2, 0.25) is 0 Å². The molecule has 2 aromatic carbocycles. The Labute approximate surface area is 149 Å². The molecule has 6 nitrogen and oxygen atoms in total. The normalized spacial score (nSPS) is 15.3. The number of fused-ring (bicyclic) bond motifs is 1. The number of benzene rings is 2. The molecule has 0 bridgehead atoms. The van der Waals surface area contributed by atoms with Gasteiger partial charge in [-0.3, -0.25) is 20.4 Å². The van der Waals surface area contributed by atoms with Crippen molar-refractivity contribution in [2.75, 3.05) is 12.4 Å². The highest BCUT2D eigenvalue weighted by Crippen LogP contribution is 2.30. The smallest absolute Gasteiger partial charge is 0.283 e. The topological polar surface area (TPSA) is 76.7 Å². The third-order valence-corrected chi connectivity index (χ3v) is 4.47. The second-order valence-electron chi connectivity index (χ2n) is 5.38. The Morgan fingerprint density at radius 2 is 1.72 bits per heavy atom. The van der Waals surface area contributed by atoms with Crippen LogP contribution in [0.4, 0.5) is 0 Å². The first kappa shape index (κ1) is 17.2. The molecule has 0 fully saturated rings. The summed E-state index contributed by atoms with van der Waals surface area (Å²) in [5.74, 6) is 1.38. The van der Waals surface area contributed by atoms with Gasteiger partial charge in [0.1, 0.15) is 6.61 Å². The summed E-state index contributed by atoms with van der Waals surface area (Å²) in [7, 11) is 0. The van der Waals surface area contributed by atoms with E-state index in [2.05, 4.69) is 10.9 Å². The second-order valence-corrected chi connectivity index (χ2v) is 6.37. The summed E-state index contributed by atoms with van der Waals surface area (Å²) < 4.78 is 11.0. The predicted molar refractivity (Wildman–Crippen MR) is 95.2 cm³/mol. The fourth-order valence-corrected chi connectivity index (χ4v) is 3.02. The molecule has 0 unspecified atom stereocenters. The minimum atomic E-state index is -0.799. The SMILES string of the molecule is O=C(CSCc1ccccc1)NNC(=O)[C@H]1COc2ccccc2O1. The predicted octanol–water partition coefficient (Wildman–Crippen LogP) is 1.91. The van der Waals surface area contributed by atoms with Gasteiger partial charge in [-0.2, -0.15) is 0 Å². The van der Waals surface area contributed by atoms with Gasteiger partial charge in [-0.1, -0.05) is 42.5 Å². The molecule has 1 heterocycles. The van der Waals surface area contributed by atoms with E-state index in [0.29, 0.717) is 11.5 Å². The number of thioether (sulfide) groups is 1. The molecular weight excluding hydrogens is 340 g/mol. The molecule has 0 radical (unpaired) electrons. The van der Waals surface area contributed by atoms with E-state index < -0.39 is 12.0 Å². The highest BCUT2D eigenvalue weighted by Gasteiger charge is 2.27. The van der Waals surface area contributed by atoms with E-state index in [0.717, 1.165) is 11.3 Å². The summed E-state index contributed by atoms with van der Waals surface area (Å²) in [5.41, 5.74) is 5.92. The average molecular weight is 358 g/mol. The van der Waals surface area contributed by atoms with Gasteiger partial charge in [0, 0.05) is 5.75 Å². The molecule has 0 saturated heterocycles. The Balaban J connectivity index is 1.38. The van der Waals surface area contributed by atoms with Gasteiger partial charge in [0.2, 0.25) is 12.0 Å². The zero-order valence-corrected chi connectivity index (χ0v) is 14.3. The number of hydrogen-bond acceptors (Lipinski definition) is 5. The number of amides is 2. The Hall–Kier alpha value is -2.67. The first-order valence-electron chi connectivity index (χ1n) is 7.81.